The number of phenols is 1. The molecular weight excluding hydrogens is 615 g/mol. The standard InChI is InChI=1S/C26H21BrCl2N4O6/c1-39-18-9-5-8-17(34)19(18)20-15-10-11-31-23(37)32(14-6-3-2-4-7-14)24(38)33(31)16(15)12-25(28)21(35)30(13-27)22(36)26(20,25)29/h2-10,16,20,34H,11-13H2,1H3/t16-,20-,25-,26+/m1/s1. The molecule has 2 aliphatic heterocycles. The highest BCUT2D eigenvalue weighted by Gasteiger charge is 2.75. The molecule has 0 spiro atoms. The number of hydrogen-bond acceptors (Lipinski definition) is 6. The van der Waals surface area contributed by atoms with Gasteiger partial charge in [-0.15, -0.1) is 23.2 Å². The number of para-hydroxylation sites is 1. The molecule has 202 valence electrons. The van der Waals surface area contributed by atoms with E-state index in [1.165, 1.54) is 22.5 Å². The zero-order chi connectivity index (χ0) is 27.9. The second kappa shape index (κ2) is 8.87. The Bertz CT molecular complexity index is 1700. The summed E-state index contributed by atoms with van der Waals surface area (Å²) in [6.07, 6.45) is 1.45. The van der Waals surface area contributed by atoms with E-state index in [4.69, 9.17) is 27.9 Å². The molecule has 6 rings (SSSR count). The molecule has 1 saturated carbocycles. The molecular formula is C26H21BrCl2N4O6. The molecule has 0 bridgehead atoms. The molecule has 3 aliphatic rings. The highest BCUT2D eigenvalue weighted by molar-refractivity contribution is 9.09. The number of alkyl halides is 3. The number of halogens is 3. The van der Waals surface area contributed by atoms with Crippen molar-refractivity contribution in [3.63, 3.8) is 0 Å². The van der Waals surface area contributed by atoms with Gasteiger partial charge in [0.25, 0.3) is 11.8 Å². The predicted octanol–water partition coefficient (Wildman–Crippen LogP) is 2.86. The van der Waals surface area contributed by atoms with Crippen LogP contribution in [0, 0.1) is 0 Å². The summed E-state index contributed by atoms with van der Waals surface area (Å²) in [6.45, 7) is -0.0152. The summed E-state index contributed by atoms with van der Waals surface area (Å²) in [6, 6.07) is 12.1. The van der Waals surface area contributed by atoms with Gasteiger partial charge in [-0.05, 0) is 29.8 Å². The predicted molar refractivity (Wildman–Crippen MR) is 146 cm³/mol. The fourth-order valence-electron chi connectivity index (χ4n) is 6.13. The molecule has 1 saturated heterocycles. The molecule has 1 N–H and O–H groups in total. The monoisotopic (exact) mass is 634 g/mol. The molecule has 1 aromatic heterocycles. The number of rotatable bonds is 4. The number of carbonyl (C=O) groups excluding carboxylic acids is 2. The largest absolute Gasteiger partial charge is 0.508 e. The molecule has 2 aromatic carbocycles. The third-order valence-electron chi connectivity index (χ3n) is 7.85. The van der Waals surface area contributed by atoms with E-state index in [-0.39, 0.29) is 35.5 Å². The van der Waals surface area contributed by atoms with Crippen molar-refractivity contribution in [2.75, 3.05) is 12.6 Å². The number of amides is 2. The highest BCUT2D eigenvalue weighted by Crippen LogP contribution is 2.65. The quantitative estimate of drug-likeness (QED) is 0.204. The number of phenolic OH excluding ortho intramolecular Hbond substituents is 1. The maximum atomic E-state index is 13.8. The summed E-state index contributed by atoms with van der Waals surface area (Å²) >= 11 is 17.5. The first-order valence-electron chi connectivity index (χ1n) is 12.0. The Morgan fingerprint density at radius 1 is 1.03 bits per heavy atom. The second-order valence-corrected chi connectivity index (χ2v) is 11.3. The van der Waals surface area contributed by atoms with Gasteiger partial charge in [0, 0.05) is 17.9 Å². The number of fused-ring (bicyclic) bond motifs is 4. The van der Waals surface area contributed by atoms with Gasteiger partial charge < -0.3 is 9.84 Å². The molecule has 2 fully saturated rings. The Kier molecular flexibility index (Phi) is 5.91. The van der Waals surface area contributed by atoms with Crippen molar-refractivity contribution in [2.45, 2.75) is 34.7 Å². The average Bonchev–Trinajstić information content (AvgIpc) is 3.27. The maximum absolute atomic E-state index is 13.8. The molecule has 2 amide bonds. The van der Waals surface area contributed by atoms with Gasteiger partial charge in [-0.25, -0.2) is 23.5 Å². The van der Waals surface area contributed by atoms with Crippen molar-refractivity contribution in [1.82, 2.24) is 18.8 Å². The van der Waals surface area contributed by atoms with Gasteiger partial charge in [0.05, 0.1) is 30.8 Å². The summed E-state index contributed by atoms with van der Waals surface area (Å²) in [5, 5.41) is 11.0. The van der Waals surface area contributed by atoms with E-state index in [1.54, 1.807) is 48.5 Å². The van der Waals surface area contributed by atoms with E-state index < -0.39 is 44.9 Å². The Labute approximate surface area is 239 Å². The Hall–Kier alpha value is -3.28. The number of methoxy groups -OCH3 is 1. The van der Waals surface area contributed by atoms with E-state index in [1.807, 2.05) is 0 Å². The van der Waals surface area contributed by atoms with Crippen molar-refractivity contribution in [2.24, 2.45) is 0 Å². The van der Waals surface area contributed by atoms with Crippen LogP contribution in [-0.4, -0.2) is 58.1 Å². The van der Waals surface area contributed by atoms with Crippen molar-refractivity contribution >= 4 is 50.9 Å². The number of imide groups is 1. The van der Waals surface area contributed by atoms with Crippen molar-refractivity contribution in [3.05, 3.63) is 86.7 Å². The van der Waals surface area contributed by atoms with Gasteiger partial charge in [0.15, 0.2) is 9.75 Å². The van der Waals surface area contributed by atoms with Crippen LogP contribution >= 0.6 is 39.1 Å². The first-order chi connectivity index (χ1) is 18.6. The van der Waals surface area contributed by atoms with Crippen LogP contribution in [0.5, 0.6) is 11.5 Å². The number of nitrogens with zero attached hydrogens (tertiary/aromatic N) is 4. The number of aromatic nitrogens is 3. The van der Waals surface area contributed by atoms with E-state index in [0.717, 1.165) is 9.47 Å². The average molecular weight is 636 g/mol. The van der Waals surface area contributed by atoms with Crippen molar-refractivity contribution < 1.29 is 19.4 Å². The third-order valence-corrected chi connectivity index (χ3v) is 9.76. The lowest BCUT2D eigenvalue weighted by Crippen LogP contribution is -2.59. The van der Waals surface area contributed by atoms with Crippen molar-refractivity contribution in [1.29, 1.82) is 0 Å². The number of hydrogen-bond donors (Lipinski definition) is 1. The van der Waals surface area contributed by atoms with Crippen LogP contribution in [0.4, 0.5) is 0 Å². The lowest BCUT2D eigenvalue weighted by molar-refractivity contribution is -0.138. The van der Waals surface area contributed by atoms with Gasteiger partial charge in [0.1, 0.15) is 11.5 Å². The summed E-state index contributed by atoms with van der Waals surface area (Å²) in [4.78, 5) is 51.6. The maximum Gasteiger partial charge on any atom is 0.352 e. The smallest absolute Gasteiger partial charge is 0.352 e. The first kappa shape index (κ1) is 26.0. The third kappa shape index (κ3) is 3.20. The Balaban J connectivity index is 1.65. The van der Waals surface area contributed by atoms with E-state index in [2.05, 4.69) is 15.9 Å². The van der Waals surface area contributed by atoms with Crippen molar-refractivity contribution in [3.8, 4) is 17.2 Å². The molecule has 10 nitrogen and oxygen atoms in total. The van der Waals surface area contributed by atoms with Crippen LogP contribution in [0.25, 0.3) is 5.69 Å². The summed E-state index contributed by atoms with van der Waals surface area (Å²) in [5.74, 6) is -2.67. The van der Waals surface area contributed by atoms with Gasteiger partial charge in [-0.1, -0.05) is 46.3 Å². The van der Waals surface area contributed by atoms with Crippen LogP contribution < -0.4 is 16.1 Å². The fourth-order valence-corrected chi connectivity index (χ4v) is 7.52. The molecule has 3 aromatic rings. The van der Waals surface area contributed by atoms with Gasteiger partial charge in [-0.2, -0.15) is 0 Å². The minimum absolute atomic E-state index is 0.0152. The van der Waals surface area contributed by atoms with E-state index in [9.17, 15) is 24.3 Å². The first-order valence-corrected chi connectivity index (χ1v) is 13.8. The number of carbonyl (C=O) groups is 2. The normalized spacial score (nSPS) is 27.6. The van der Waals surface area contributed by atoms with Crippen LogP contribution in [0.2, 0.25) is 0 Å². The molecule has 4 atom stereocenters. The molecule has 0 radical (unpaired) electrons. The van der Waals surface area contributed by atoms with Crippen LogP contribution in [0.1, 0.15) is 23.9 Å². The van der Waals surface area contributed by atoms with Gasteiger partial charge in [-0.3, -0.25) is 14.5 Å². The van der Waals surface area contributed by atoms with E-state index in [0.29, 0.717) is 11.3 Å². The second-order valence-electron chi connectivity index (χ2n) is 9.58. The number of likely N-dealkylation sites (tertiary alicyclic amines) is 1. The van der Waals surface area contributed by atoms with Crippen LogP contribution in [0.3, 0.4) is 0 Å². The van der Waals surface area contributed by atoms with Crippen LogP contribution in [0.15, 0.2) is 69.8 Å². The molecule has 3 heterocycles. The highest BCUT2D eigenvalue weighted by atomic mass is 79.9. The molecule has 0 unspecified atom stereocenters. The van der Waals surface area contributed by atoms with E-state index >= 15 is 0 Å². The zero-order valence-electron chi connectivity index (χ0n) is 20.4. The zero-order valence-corrected chi connectivity index (χ0v) is 23.5. The summed E-state index contributed by atoms with van der Waals surface area (Å²) < 4.78 is 9.12. The minimum Gasteiger partial charge on any atom is -0.508 e. The number of ether oxygens (including phenoxy) is 1. The van der Waals surface area contributed by atoms with Crippen LogP contribution in [-0.2, 0) is 16.1 Å². The summed E-state index contributed by atoms with van der Waals surface area (Å²) in [7, 11) is 1.40. The van der Waals surface area contributed by atoms with Gasteiger partial charge >= 0.3 is 11.4 Å². The van der Waals surface area contributed by atoms with Gasteiger partial charge in [0.2, 0.25) is 0 Å². The number of benzene rings is 2. The SMILES string of the molecule is COc1cccc(O)c1[C@H]1C2=CCn3c(=O)n(-c4ccccc4)c(=O)n3[C@@H]2C[C@@]2(Cl)C(=O)N(CBr)C(=O)[C@@]12Cl. The number of allylic oxidation sites excluding steroid dienone is 2. The fraction of sp³-hybridized carbons (Fsp3) is 0.308. The summed E-state index contributed by atoms with van der Waals surface area (Å²) in [5.41, 5.74) is -0.368. The topological polar surface area (TPSA) is 116 Å². The Morgan fingerprint density at radius 2 is 1.74 bits per heavy atom. The lowest BCUT2D eigenvalue weighted by atomic mass is 9.64. The molecule has 1 aliphatic carbocycles. The minimum atomic E-state index is -2.07. The number of aromatic hydroxyl groups is 1. The Morgan fingerprint density at radius 3 is 2.41 bits per heavy atom. The molecule has 39 heavy (non-hydrogen) atoms. The molecule has 13 heteroatoms. The lowest BCUT2D eigenvalue weighted by Gasteiger charge is -2.49.